The van der Waals surface area contributed by atoms with Crippen molar-refractivity contribution in [3.05, 3.63) is 65.7 Å². The number of carbonyl (C=O) groups is 4. The topological polar surface area (TPSA) is 113 Å². The molecule has 0 saturated heterocycles. The number of rotatable bonds is 9. The maximum absolute atomic E-state index is 13.7. The van der Waals surface area contributed by atoms with E-state index in [1.165, 1.54) is 9.80 Å². The highest BCUT2D eigenvalue weighted by Gasteiger charge is 2.38. The Balaban J connectivity index is 1.81. The van der Waals surface area contributed by atoms with Crippen molar-refractivity contribution < 1.29 is 33.8 Å². The van der Waals surface area contributed by atoms with Gasteiger partial charge in [0.05, 0.1) is 5.41 Å². The van der Waals surface area contributed by atoms with Gasteiger partial charge < -0.3 is 14.6 Å². The molecule has 0 aliphatic carbocycles. The Morgan fingerprint density at radius 1 is 1.03 bits per heavy atom. The monoisotopic (exact) mass is 510 g/mol. The number of fused-ring (bicyclic) bond motifs is 1. The number of benzene rings is 2. The molecule has 2 aromatic carbocycles. The van der Waals surface area contributed by atoms with E-state index in [1.807, 2.05) is 42.5 Å². The zero-order valence-corrected chi connectivity index (χ0v) is 21.5. The van der Waals surface area contributed by atoms with Crippen LogP contribution in [0.25, 0.3) is 0 Å². The van der Waals surface area contributed by atoms with Crippen LogP contribution in [0.1, 0.15) is 44.7 Å². The van der Waals surface area contributed by atoms with E-state index in [0.717, 1.165) is 11.1 Å². The number of aryl methyl sites for hydroxylation is 2. The normalized spacial score (nSPS) is 15.4. The number of esters is 1. The highest BCUT2D eigenvalue weighted by Crippen LogP contribution is 2.29. The molecule has 37 heavy (non-hydrogen) atoms. The Hall–Kier alpha value is -3.88. The van der Waals surface area contributed by atoms with E-state index in [-0.39, 0.29) is 6.54 Å². The summed E-state index contributed by atoms with van der Waals surface area (Å²) in [5, 5.41) is 9.49. The molecular weight excluding hydrogens is 476 g/mol. The third kappa shape index (κ3) is 7.55. The van der Waals surface area contributed by atoms with Crippen molar-refractivity contribution in [1.82, 2.24) is 4.90 Å². The Bertz CT molecular complexity index is 1110. The molecule has 0 fully saturated rings. The van der Waals surface area contributed by atoms with Crippen molar-refractivity contribution in [3.8, 4) is 0 Å². The quantitative estimate of drug-likeness (QED) is 0.400. The van der Waals surface area contributed by atoms with Gasteiger partial charge >= 0.3 is 18.0 Å². The van der Waals surface area contributed by atoms with Crippen molar-refractivity contribution in [3.63, 3.8) is 0 Å². The zero-order valence-electron chi connectivity index (χ0n) is 21.5. The SMILES string of the molecule is CC(C)(C)C(=O)OCOC(=O)N(CCCc1ccccc1)[C@H]1CCc2ccccc2N(CC(=O)O)C1=O. The van der Waals surface area contributed by atoms with Gasteiger partial charge in [0, 0.05) is 12.2 Å². The Morgan fingerprint density at radius 2 is 1.70 bits per heavy atom. The summed E-state index contributed by atoms with van der Waals surface area (Å²) in [4.78, 5) is 53.1. The summed E-state index contributed by atoms with van der Waals surface area (Å²) >= 11 is 0. The van der Waals surface area contributed by atoms with Crippen molar-refractivity contribution in [1.29, 1.82) is 0 Å². The average Bonchev–Trinajstić information content (AvgIpc) is 2.98. The molecule has 198 valence electrons. The Labute approximate surface area is 217 Å². The molecule has 1 aliphatic heterocycles. The van der Waals surface area contributed by atoms with E-state index in [9.17, 15) is 24.3 Å². The Morgan fingerprint density at radius 3 is 2.38 bits per heavy atom. The van der Waals surface area contributed by atoms with Crippen LogP contribution in [0.4, 0.5) is 10.5 Å². The van der Waals surface area contributed by atoms with Gasteiger partial charge in [0.25, 0.3) is 0 Å². The number of carboxylic acid groups (broad SMARTS) is 1. The van der Waals surface area contributed by atoms with Crippen molar-refractivity contribution in [2.75, 3.05) is 24.8 Å². The molecule has 1 heterocycles. The number of aliphatic carboxylic acids is 1. The molecule has 0 unspecified atom stereocenters. The summed E-state index contributed by atoms with van der Waals surface area (Å²) in [6.45, 7) is 4.16. The molecular formula is C28H34N2O7. The van der Waals surface area contributed by atoms with Gasteiger partial charge in [0.15, 0.2) is 0 Å². The molecule has 2 amide bonds. The summed E-state index contributed by atoms with van der Waals surface area (Å²) in [7, 11) is 0. The van der Waals surface area contributed by atoms with Gasteiger partial charge in [0.1, 0.15) is 12.6 Å². The first-order valence-corrected chi connectivity index (χ1v) is 12.3. The number of carboxylic acids is 1. The highest BCUT2D eigenvalue weighted by atomic mass is 16.7. The molecule has 1 aliphatic rings. The molecule has 0 spiro atoms. The fourth-order valence-corrected chi connectivity index (χ4v) is 4.19. The maximum Gasteiger partial charge on any atom is 0.413 e. The van der Waals surface area contributed by atoms with Crippen LogP contribution in [0, 0.1) is 5.41 Å². The molecule has 0 aromatic heterocycles. The summed E-state index contributed by atoms with van der Waals surface area (Å²) < 4.78 is 10.3. The van der Waals surface area contributed by atoms with E-state index in [0.29, 0.717) is 31.4 Å². The molecule has 0 radical (unpaired) electrons. The molecule has 0 saturated carbocycles. The molecule has 1 N–H and O–H groups in total. The van der Waals surface area contributed by atoms with Crippen LogP contribution in [-0.4, -0.2) is 59.9 Å². The first kappa shape index (κ1) is 27.7. The van der Waals surface area contributed by atoms with Gasteiger partial charge in [-0.3, -0.25) is 24.2 Å². The van der Waals surface area contributed by atoms with Crippen LogP contribution in [0.5, 0.6) is 0 Å². The number of anilines is 1. The third-order valence-corrected chi connectivity index (χ3v) is 6.12. The highest BCUT2D eigenvalue weighted by molar-refractivity contribution is 6.02. The largest absolute Gasteiger partial charge is 0.480 e. The fourth-order valence-electron chi connectivity index (χ4n) is 4.19. The lowest BCUT2D eigenvalue weighted by Gasteiger charge is -2.32. The van der Waals surface area contributed by atoms with Crippen LogP contribution in [0.3, 0.4) is 0 Å². The number of ether oxygens (including phenoxy) is 2. The first-order chi connectivity index (χ1) is 17.6. The molecule has 2 aromatic rings. The van der Waals surface area contributed by atoms with E-state index < -0.39 is 48.7 Å². The van der Waals surface area contributed by atoms with E-state index in [1.54, 1.807) is 32.9 Å². The van der Waals surface area contributed by atoms with Crippen molar-refractivity contribution in [2.24, 2.45) is 5.41 Å². The van der Waals surface area contributed by atoms with Gasteiger partial charge in [-0.15, -0.1) is 0 Å². The second-order valence-electron chi connectivity index (χ2n) is 9.99. The van der Waals surface area contributed by atoms with Crippen LogP contribution in [-0.2, 0) is 36.7 Å². The summed E-state index contributed by atoms with van der Waals surface area (Å²) in [6.07, 6.45) is 1.20. The third-order valence-electron chi connectivity index (χ3n) is 6.12. The number of hydrogen-bond donors (Lipinski definition) is 1. The lowest BCUT2D eigenvalue weighted by molar-refractivity contribution is -0.162. The van der Waals surface area contributed by atoms with E-state index in [2.05, 4.69) is 0 Å². The van der Waals surface area contributed by atoms with E-state index >= 15 is 0 Å². The number of amides is 2. The minimum atomic E-state index is -1.16. The van der Waals surface area contributed by atoms with Gasteiger partial charge in [0.2, 0.25) is 12.7 Å². The fraction of sp³-hybridized carbons (Fsp3) is 0.429. The molecule has 9 heteroatoms. The lowest BCUT2D eigenvalue weighted by Crippen LogP contribution is -2.52. The van der Waals surface area contributed by atoms with Crippen LogP contribution < -0.4 is 4.90 Å². The number of para-hydroxylation sites is 1. The van der Waals surface area contributed by atoms with Gasteiger partial charge in [-0.1, -0.05) is 48.5 Å². The average molecular weight is 511 g/mol. The summed E-state index contributed by atoms with van der Waals surface area (Å²) in [6, 6.07) is 16.0. The minimum Gasteiger partial charge on any atom is -0.480 e. The number of carbonyl (C=O) groups excluding carboxylic acids is 3. The van der Waals surface area contributed by atoms with Gasteiger partial charge in [-0.2, -0.15) is 0 Å². The minimum absolute atomic E-state index is 0.203. The number of hydrogen-bond acceptors (Lipinski definition) is 6. The Kier molecular flexibility index (Phi) is 9.27. The second-order valence-corrected chi connectivity index (χ2v) is 9.99. The predicted molar refractivity (Wildman–Crippen MR) is 137 cm³/mol. The van der Waals surface area contributed by atoms with Crippen molar-refractivity contribution in [2.45, 2.75) is 52.5 Å². The van der Waals surface area contributed by atoms with E-state index in [4.69, 9.17) is 9.47 Å². The summed E-state index contributed by atoms with van der Waals surface area (Å²) in [5.41, 5.74) is 1.68. The maximum atomic E-state index is 13.7. The molecule has 0 bridgehead atoms. The van der Waals surface area contributed by atoms with Gasteiger partial charge in [-0.25, -0.2) is 4.79 Å². The lowest BCUT2D eigenvalue weighted by atomic mass is 9.98. The molecule has 3 rings (SSSR count). The standard InChI is InChI=1S/C28H34N2O7/c1-28(2,3)26(34)36-19-37-27(35)29(17-9-12-20-10-5-4-6-11-20)23-16-15-21-13-7-8-14-22(21)30(25(23)33)18-24(31)32/h4-8,10-11,13-14,23H,9,12,15-19H2,1-3H3,(H,31,32)/t23-/m0/s1. The number of nitrogens with zero attached hydrogens (tertiary/aromatic N) is 2. The summed E-state index contributed by atoms with van der Waals surface area (Å²) in [5.74, 6) is -2.17. The van der Waals surface area contributed by atoms with Crippen LogP contribution in [0.15, 0.2) is 54.6 Å². The zero-order chi connectivity index (χ0) is 27.0. The molecule has 1 atom stereocenters. The van der Waals surface area contributed by atoms with Crippen molar-refractivity contribution >= 4 is 29.6 Å². The first-order valence-electron chi connectivity index (χ1n) is 12.3. The second kappa shape index (κ2) is 12.4. The molecule has 9 nitrogen and oxygen atoms in total. The van der Waals surface area contributed by atoms with Crippen LogP contribution >= 0.6 is 0 Å². The van der Waals surface area contributed by atoms with Crippen LogP contribution in [0.2, 0.25) is 0 Å². The smallest absolute Gasteiger partial charge is 0.413 e. The predicted octanol–water partition coefficient (Wildman–Crippen LogP) is 4.04. The van der Waals surface area contributed by atoms with Gasteiger partial charge in [-0.05, 0) is 63.6 Å².